The van der Waals surface area contributed by atoms with E-state index in [4.69, 9.17) is 14.0 Å². The summed E-state index contributed by atoms with van der Waals surface area (Å²) in [5.41, 5.74) is 4.91. The van der Waals surface area contributed by atoms with Gasteiger partial charge in [-0.05, 0) is 72.0 Å². The second kappa shape index (κ2) is 12.0. The monoisotopic (exact) mass is 503 g/mol. The average Bonchev–Trinajstić information content (AvgIpc) is 3.22. The van der Waals surface area contributed by atoms with Crippen LogP contribution in [0, 0.1) is 6.92 Å². The van der Waals surface area contributed by atoms with Crippen molar-refractivity contribution < 1.29 is 18.8 Å². The van der Waals surface area contributed by atoms with Crippen LogP contribution < -0.4 is 21.5 Å². The quantitative estimate of drug-likeness (QED) is 0.303. The molecule has 3 aromatic carbocycles. The van der Waals surface area contributed by atoms with Gasteiger partial charge < -0.3 is 19.3 Å². The van der Waals surface area contributed by atoms with Gasteiger partial charge in [0.25, 0.3) is 5.91 Å². The molecule has 0 atom stereocenters. The van der Waals surface area contributed by atoms with Crippen LogP contribution in [0.3, 0.4) is 0 Å². The summed E-state index contributed by atoms with van der Waals surface area (Å²) in [5.74, 6) is -0.225. The minimum atomic E-state index is -0.780. The Balaban J connectivity index is 1.37. The molecular weight excluding hydrogens is 474 g/mol. The molecule has 0 unspecified atom stereocenters. The summed E-state index contributed by atoms with van der Waals surface area (Å²) in [6.45, 7) is 6.02. The summed E-state index contributed by atoms with van der Waals surface area (Å²) in [7, 11) is 0. The number of nitrogens with one attached hydrogen (secondary N) is 2. The summed E-state index contributed by atoms with van der Waals surface area (Å²) in [5, 5.41) is 2.87. The minimum absolute atomic E-state index is 0.118. The van der Waals surface area contributed by atoms with E-state index >= 15 is 0 Å². The Morgan fingerprint density at radius 3 is 2.54 bits per heavy atom. The van der Waals surface area contributed by atoms with Crippen molar-refractivity contribution in [3.8, 4) is 16.9 Å². The van der Waals surface area contributed by atoms with Gasteiger partial charge in [-0.3, -0.25) is 4.79 Å². The maximum Gasteiger partial charge on any atom is 0.440 e. The first-order chi connectivity index (χ1) is 17.9. The lowest BCUT2D eigenvalue weighted by molar-refractivity contribution is 0.0922. The molecule has 0 saturated heterocycles. The molecule has 37 heavy (non-hydrogen) atoms. The molecule has 4 aromatic rings. The average molecular weight is 504 g/mol. The lowest BCUT2D eigenvalue weighted by Crippen LogP contribution is -2.27. The molecule has 0 aliphatic heterocycles. The van der Waals surface area contributed by atoms with E-state index < -0.39 is 11.4 Å². The van der Waals surface area contributed by atoms with E-state index in [0.29, 0.717) is 37.7 Å². The van der Waals surface area contributed by atoms with Crippen LogP contribution in [0.15, 0.2) is 80.8 Å². The van der Waals surface area contributed by atoms with Gasteiger partial charge in [-0.2, -0.15) is 0 Å². The molecule has 0 bridgehead atoms. The fourth-order valence-corrected chi connectivity index (χ4v) is 3.88. The number of H-pyrrole nitrogens is 1. The number of benzene rings is 3. The fourth-order valence-electron chi connectivity index (χ4n) is 3.88. The van der Waals surface area contributed by atoms with E-state index in [-0.39, 0.29) is 12.5 Å². The van der Waals surface area contributed by atoms with E-state index in [0.717, 1.165) is 32.6 Å². The van der Waals surface area contributed by atoms with Gasteiger partial charge in [0, 0.05) is 18.7 Å². The molecule has 0 saturated carbocycles. The van der Waals surface area contributed by atoms with E-state index in [9.17, 15) is 14.4 Å². The van der Waals surface area contributed by atoms with Gasteiger partial charge in [0.1, 0.15) is 12.4 Å². The van der Waals surface area contributed by atoms with E-state index in [2.05, 4.69) is 16.4 Å². The van der Waals surface area contributed by atoms with Crippen molar-refractivity contribution in [2.75, 3.05) is 19.8 Å². The van der Waals surface area contributed by atoms with Gasteiger partial charge in [-0.25, -0.2) is 14.6 Å². The second-order valence-corrected chi connectivity index (χ2v) is 8.46. The van der Waals surface area contributed by atoms with Crippen molar-refractivity contribution >= 4 is 5.91 Å². The van der Waals surface area contributed by atoms with Crippen LogP contribution in [0.25, 0.3) is 11.1 Å². The number of hydrogen-bond acceptors (Lipinski definition) is 6. The highest BCUT2D eigenvalue weighted by molar-refractivity contribution is 5.95. The van der Waals surface area contributed by atoms with E-state index in [1.165, 1.54) is 0 Å². The number of amides is 1. The molecule has 0 fully saturated rings. The maximum atomic E-state index is 12.4. The van der Waals surface area contributed by atoms with Crippen LogP contribution in [0.5, 0.6) is 5.75 Å². The van der Waals surface area contributed by atoms with Crippen LogP contribution >= 0.6 is 0 Å². The Labute approximate surface area is 213 Å². The molecular formula is C28H29N3O6. The standard InChI is InChI=1S/C28H29N3O6/c1-3-35-14-13-29-26(32)23-9-12-25(19(2)15-23)22-6-4-5-21(16-22)18-36-24-10-7-20(8-11-24)17-31-27(33)30-28(34)37-31/h4-12,15-16H,3,13-14,17-18H2,1-2H3,(H,29,32)(H,30,33,34). The normalized spacial score (nSPS) is 10.9. The minimum Gasteiger partial charge on any atom is -0.489 e. The molecule has 4 rings (SSSR count). The Bertz CT molecular complexity index is 1470. The zero-order valence-electron chi connectivity index (χ0n) is 20.8. The molecule has 0 aliphatic rings. The summed E-state index contributed by atoms with van der Waals surface area (Å²) in [6, 6.07) is 21.0. The third kappa shape index (κ3) is 6.86. The fraction of sp³-hybridized carbons (Fsp3) is 0.250. The predicted molar refractivity (Wildman–Crippen MR) is 139 cm³/mol. The third-order valence-electron chi connectivity index (χ3n) is 5.75. The molecule has 0 radical (unpaired) electrons. The molecule has 192 valence electrons. The Morgan fingerprint density at radius 2 is 1.84 bits per heavy atom. The smallest absolute Gasteiger partial charge is 0.440 e. The van der Waals surface area contributed by atoms with Crippen molar-refractivity contribution in [3.05, 3.63) is 110 Å². The first-order valence-corrected chi connectivity index (χ1v) is 12.0. The number of carbonyl (C=O) groups excluding carboxylic acids is 1. The van der Waals surface area contributed by atoms with Crippen LogP contribution in [0.1, 0.15) is 34.0 Å². The highest BCUT2D eigenvalue weighted by Crippen LogP contribution is 2.26. The second-order valence-electron chi connectivity index (χ2n) is 8.46. The number of hydrogen-bond donors (Lipinski definition) is 2. The van der Waals surface area contributed by atoms with Crippen LogP contribution in [0.4, 0.5) is 0 Å². The first-order valence-electron chi connectivity index (χ1n) is 12.0. The van der Waals surface area contributed by atoms with Gasteiger partial charge >= 0.3 is 11.4 Å². The lowest BCUT2D eigenvalue weighted by atomic mass is 9.97. The Hall–Kier alpha value is -4.37. The summed E-state index contributed by atoms with van der Waals surface area (Å²) in [4.78, 5) is 37.2. The number of carbonyl (C=O) groups is 1. The molecule has 0 aliphatic carbocycles. The van der Waals surface area contributed by atoms with E-state index in [1.807, 2.05) is 62.4 Å². The van der Waals surface area contributed by atoms with Gasteiger partial charge in [-0.1, -0.05) is 36.4 Å². The topological polar surface area (TPSA) is 116 Å². The number of rotatable bonds is 11. The predicted octanol–water partition coefficient (Wildman–Crippen LogP) is 3.50. The van der Waals surface area contributed by atoms with Gasteiger partial charge in [-0.15, -0.1) is 4.74 Å². The molecule has 9 heteroatoms. The largest absolute Gasteiger partial charge is 0.489 e. The first kappa shape index (κ1) is 25.7. The third-order valence-corrected chi connectivity index (χ3v) is 5.75. The van der Waals surface area contributed by atoms with Gasteiger partial charge in [0.15, 0.2) is 0 Å². The number of aromatic nitrogens is 2. The van der Waals surface area contributed by atoms with Crippen LogP contribution in [0.2, 0.25) is 0 Å². The molecule has 9 nitrogen and oxygen atoms in total. The van der Waals surface area contributed by atoms with Crippen LogP contribution in [-0.2, 0) is 17.9 Å². The molecule has 0 spiro atoms. The lowest BCUT2D eigenvalue weighted by Gasteiger charge is -2.12. The van der Waals surface area contributed by atoms with Crippen molar-refractivity contribution in [1.29, 1.82) is 0 Å². The SMILES string of the molecule is CCOCCNC(=O)c1ccc(-c2cccc(COc3ccc(Cn4oc(=O)[nH]c4=O)cc3)c2)c(C)c1. The Kier molecular flexibility index (Phi) is 8.37. The van der Waals surface area contributed by atoms with E-state index in [1.54, 1.807) is 12.1 Å². The zero-order valence-corrected chi connectivity index (χ0v) is 20.8. The van der Waals surface area contributed by atoms with Gasteiger partial charge in [0.2, 0.25) is 0 Å². The van der Waals surface area contributed by atoms with Crippen molar-refractivity contribution in [2.24, 2.45) is 0 Å². The number of ether oxygens (including phenoxy) is 2. The molecule has 1 amide bonds. The van der Waals surface area contributed by atoms with Crippen molar-refractivity contribution in [3.63, 3.8) is 0 Å². The highest BCUT2D eigenvalue weighted by atomic mass is 16.5. The zero-order chi connectivity index (χ0) is 26.2. The molecule has 2 N–H and O–H groups in total. The van der Waals surface area contributed by atoms with Gasteiger partial charge in [0.05, 0.1) is 13.2 Å². The molecule has 1 heterocycles. The number of aryl methyl sites for hydroxylation is 1. The summed E-state index contributed by atoms with van der Waals surface area (Å²) in [6.07, 6.45) is 0. The van der Waals surface area contributed by atoms with Crippen molar-refractivity contribution in [1.82, 2.24) is 15.0 Å². The number of aromatic amines is 1. The number of nitrogens with zero attached hydrogens (tertiary/aromatic N) is 1. The maximum absolute atomic E-state index is 12.4. The highest BCUT2D eigenvalue weighted by Gasteiger charge is 2.10. The van der Waals surface area contributed by atoms with Crippen LogP contribution in [-0.4, -0.2) is 35.4 Å². The summed E-state index contributed by atoms with van der Waals surface area (Å²) >= 11 is 0. The Morgan fingerprint density at radius 1 is 1.03 bits per heavy atom. The molecule has 1 aromatic heterocycles. The van der Waals surface area contributed by atoms with Crippen molar-refractivity contribution in [2.45, 2.75) is 27.0 Å². The summed E-state index contributed by atoms with van der Waals surface area (Å²) < 4.78 is 17.0.